The Morgan fingerprint density at radius 1 is 1.19 bits per heavy atom. The molecule has 1 aromatic heterocycles. The van der Waals surface area contributed by atoms with Gasteiger partial charge in [-0.2, -0.15) is 4.98 Å². The number of hydrogen-bond acceptors (Lipinski definition) is 5. The largest absolute Gasteiger partial charge is 0.481 e. The zero-order valence-electron chi connectivity index (χ0n) is 14.6. The minimum atomic E-state index is -0.717. The molecule has 2 aromatic carbocycles. The number of amides is 1. The number of halogens is 1. The Balaban J connectivity index is 1.65. The molecule has 0 unspecified atom stereocenters. The third-order valence-corrected chi connectivity index (χ3v) is 4.13. The molecule has 1 heterocycles. The second kappa shape index (κ2) is 7.58. The highest BCUT2D eigenvalue weighted by molar-refractivity contribution is 6.30. The Morgan fingerprint density at radius 2 is 2.00 bits per heavy atom. The molecule has 1 amide bonds. The predicted molar refractivity (Wildman–Crippen MR) is 99.4 cm³/mol. The topological polar surface area (TPSA) is 77.2 Å². The van der Waals surface area contributed by atoms with Crippen LogP contribution in [0.15, 0.2) is 47.0 Å². The first-order valence-corrected chi connectivity index (χ1v) is 8.44. The molecule has 0 bridgehead atoms. The van der Waals surface area contributed by atoms with Crippen molar-refractivity contribution in [1.82, 2.24) is 10.1 Å². The Morgan fingerprint density at radius 3 is 2.73 bits per heavy atom. The molecule has 3 rings (SSSR count). The number of carbonyl (C=O) groups is 1. The van der Waals surface area contributed by atoms with Crippen molar-refractivity contribution < 1.29 is 14.1 Å². The molecule has 1 atom stereocenters. The van der Waals surface area contributed by atoms with E-state index in [1.54, 1.807) is 31.2 Å². The molecular weight excluding hydrogens is 354 g/mol. The van der Waals surface area contributed by atoms with E-state index in [0.29, 0.717) is 16.3 Å². The van der Waals surface area contributed by atoms with Gasteiger partial charge in [0.25, 0.3) is 17.7 Å². The Labute approximate surface area is 156 Å². The van der Waals surface area contributed by atoms with Gasteiger partial charge in [0.1, 0.15) is 5.75 Å². The van der Waals surface area contributed by atoms with Gasteiger partial charge in [-0.1, -0.05) is 23.7 Å². The maximum atomic E-state index is 12.3. The number of rotatable bonds is 5. The number of nitrogens with one attached hydrogen (secondary N) is 1. The van der Waals surface area contributed by atoms with Crippen molar-refractivity contribution in [2.75, 3.05) is 5.32 Å². The zero-order chi connectivity index (χ0) is 18.7. The molecule has 3 aromatic rings. The van der Waals surface area contributed by atoms with Crippen LogP contribution in [0.3, 0.4) is 0 Å². The minimum Gasteiger partial charge on any atom is -0.481 e. The average molecular weight is 372 g/mol. The molecule has 26 heavy (non-hydrogen) atoms. The van der Waals surface area contributed by atoms with Gasteiger partial charge in [0.15, 0.2) is 6.10 Å². The molecule has 0 aliphatic rings. The number of benzene rings is 2. The van der Waals surface area contributed by atoms with Gasteiger partial charge in [0.05, 0.1) is 0 Å². The minimum absolute atomic E-state index is 0.0699. The van der Waals surface area contributed by atoms with Gasteiger partial charge in [-0.3, -0.25) is 10.1 Å². The zero-order valence-corrected chi connectivity index (χ0v) is 15.4. The first kappa shape index (κ1) is 17.9. The maximum absolute atomic E-state index is 12.3. The summed E-state index contributed by atoms with van der Waals surface area (Å²) >= 11 is 5.95. The number of ether oxygens (including phenoxy) is 1. The van der Waals surface area contributed by atoms with E-state index in [2.05, 4.69) is 15.5 Å². The molecule has 0 aliphatic carbocycles. The Kier molecular flexibility index (Phi) is 5.23. The molecule has 0 aliphatic heterocycles. The summed E-state index contributed by atoms with van der Waals surface area (Å²) in [6.45, 7) is 5.66. The third kappa shape index (κ3) is 4.21. The molecule has 0 fully saturated rings. The summed E-state index contributed by atoms with van der Waals surface area (Å²) in [5, 5.41) is 6.90. The highest BCUT2D eigenvalue weighted by atomic mass is 35.5. The Hall–Kier alpha value is -2.86. The van der Waals surface area contributed by atoms with Crippen LogP contribution in [-0.2, 0) is 4.79 Å². The van der Waals surface area contributed by atoms with Crippen LogP contribution < -0.4 is 10.1 Å². The summed E-state index contributed by atoms with van der Waals surface area (Å²) in [6.07, 6.45) is -0.717. The molecule has 0 saturated carbocycles. The van der Waals surface area contributed by atoms with E-state index in [-0.39, 0.29) is 17.7 Å². The number of aryl methyl sites for hydroxylation is 2. The summed E-state index contributed by atoms with van der Waals surface area (Å²) in [6, 6.07) is 12.7. The number of hydrogen-bond donors (Lipinski definition) is 1. The quantitative estimate of drug-likeness (QED) is 0.718. The van der Waals surface area contributed by atoms with Gasteiger partial charge in [-0.15, -0.1) is 0 Å². The second-order valence-corrected chi connectivity index (χ2v) is 6.37. The average Bonchev–Trinajstić information content (AvgIpc) is 3.06. The van der Waals surface area contributed by atoms with E-state index in [1.165, 1.54) is 0 Å². The van der Waals surface area contributed by atoms with Gasteiger partial charge in [0.2, 0.25) is 0 Å². The summed E-state index contributed by atoms with van der Waals surface area (Å²) in [7, 11) is 0. The number of carbonyl (C=O) groups excluding carboxylic acids is 1. The molecule has 6 nitrogen and oxygen atoms in total. The highest BCUT2D eigenvalue weighted by Gasteiger charge is 2.18. The van der Waals surface area contributed by atoms with Gasteiger partial charge < -0.3 is 9.26 Å². The predicted octanol–water partition coefficient (Wildman–Crippen LogP) is 4.41. The lowest BCUT2D eigenvalue weighted by Gasteiger charge is -2.14. The lowest BCUT2D eigenvalue weighted by atomic mass is 10.1. The summed E-state index contributed by atoms with van der Waals surface area (Å²) in [5.74, 6) is 0.594. The van der Waals surface area contributed by atoms with Crippen LogP contribution >= 0.6 is 11.6 Å². The molecule has 1 N–H and O–H groups in total. The van der Waals surface area contributed by atoms with E-state index in [0.717, 1.165) is 11.1 Å². The van der Waals surface area contributed by atoms with E-state index in [9.17, 15) is 4.79 Å². The van der Waals surface area contributed by atoms with E-state index < -0.39 is 6.10 Å². The van der Waals surface area contributed by atoms with Gasteiger partial charge in [-0.05, 0) is 67.4 Å². The molecule has 7 heteroatoms. The van der Waals surface area contributed by atoms with Crippen LogP contribution in [0, 0.1) is 13.8 Å². The van der Waals surface area contributed by atoms with Crippen molar-refractivity contribution in [3.8, 4) is 17.2 Å². The standard InChI is InChI=1S/C19H18ClN3O3/c1-11-7-8-16(9-12(11)2)25-13(3)17(24)21-19-22-18(26-23-19)14-5-4-6-15(20)10-14/h4-10,13H,1-3H3,(H,21,23,24)/t13-/m1/s1. The van der Waals surface area contributed by atoms with Crippen molar-refractivity contribution in [2.45, 2.75) is 26.9 Å². The monoisotopic (exact) mass is 371 g/mol. The number of anilines is 1. The van der Waals surface area contributed by atoms with Crippen molar-refractivity contribution in [3.63, 3.8) is 0 Å². The van der Waals surface area contributed by atoms with Crippen LogP contribution in [0.1, 0.15) is 18.1 Å². The normalized spacial score (nSPS) is 11.8. The number of nitrogens with zero attached hydrogens (tertiary/aromatic N) is 2. The summed E-state index contributed by atoms with van der Waals surface area (Å²) < 4.78 is 10.8. The molecule has 0 radical (unpaired) electrons. The highest BCUT2D eigenvalue weighted by Crippen LogP contribution is 2.22. The fourth-order valence-corrected chi connectivity index (χ4v) is 2.46. The Bertz CT molecular complexity index is 939. The van der Waals surface area contributed by atoms with Crippen LogP contribution in [-0.4, -0.2) is 22.2 Å². The van der Waals surface area contributed by atoms with Crippen LogP contribution in [0.2, 0.25) is 5.02 Å². The van der Waals surface area contributed by atoms with E-state index in [4.69, 9.17) is 20.9 Å². The first-order chi connectivity index (χ1) is 12.4. The van der Waals surface area contributed by atoms with Gasteiger partial charge in [0, 0.05) is 10.6 Å². The third-order valence-electron chi connectivity index (χ3n) is 3.89. The second-order valence-electron chi connectivity index (χ2n) is 5.93. The van der Waals surface area contributed by atoms with Crippen LogP contribution in [0.25, 0.3) is 11.5 Å². The lowest BCUT2D eigenvalue weighted by Crippen LogP contribution is -2.30. The molecule has 0 saturated heterocycles. The van der Waals surface area contributed by atoms with Crippen LogP contribution in [0.4, 0.5) is 5.95 Å². The fraction of sp³-hybridized carbons (Fsp3) is 0.211. The van der Waals surface area contributed by atoms with Crippen LogP contribution in [0.5, 0.6) is 5.75 Å². The smallest absolute Gasteiger partial charge is 0.270 e. The molecule has 0 spiro atoms. The van der Waals surface area contributed by atoms with Gasteiger partial charge >= 0.3 is 0 Å². The SMILES string of the molecule is Cc1ccc(O[C@H](C)C(=O)Nc2noc(-c3cccc(Cl)c3)n2)cc1C. The van der Waals surface area contributed by atoms with Crippen molar-refractivity contribution in [3.05, 3.63) is 58.6 Å². The maximum Gasteiger partial charge on any atom is 0.270 e. The van der Waals surface area contributed by atoms with Crippen molar-refractivity contribution >= 4 is 23.5 Å². The van der Waals surface area contributed by atoms with Crippen molar-refractivity contribution in [1.29, 1.82) is 0 Å². The molecule has 134 valence electrons. The fourth-order valence-electron chi connectivity index (χ4n) is 2.27. The molecular formula is C19H18ClN3O3. The number of aromatic nitrogens is 2. The summed E-state index contributed by atoms with van der Waals surface area (Å²) in [5.41, 5.74) is 2.93. The first-order valence-electron chi connectivity index (χ1n) is 8.07. The van der Waals surface area contributed by atoms with Crippen molar-refractivity contribution in [2.24, 2.45) is 0 Å². The summed E-state index contributed by atoms with van der Waals surface area (Å²) in [4.78, 5) is 16.4. The van der Waals surface area contributed by atoms with Gasteiger partial charge in [-0.25, -0.2) is 0 Å². The van der Waals surface area contributed by atoms with E-state index >= 15 is 0 Å². The lowest BCUT2D eigenvalue weighted by molar-refractivity contribution is -0.122. The van der Waals surface area contributed by atoms with E-state index in [1.807, 2.05) is 32.0 Å².